The van der Waals surface area contributed by atoms with Gasteiger partial charge in [-0.3, -0.25) is 10.0 Å². The first-order valence-corrected chi connectivity index (χ1v) is 8.40. The number of nitrogens with one attached hydrogen (secondary N) is 1. The molecule has 3 heterocycles. The second kappa shape index (κ2) is 6.95. The highest BCUT2D eigenvalue weighted by Crippen LogP contribution is 2.37. The molecule has 0 spiro atoms. The lowest BCUT2D eigenvalue weighted by Gasteiger charge is -2.35. The van der Waals surface area contributed by atoms with Crippen molar-refractivity contribution < 1.29 is 23.5 Å². The molecule has 2 aromatic rings. The number of piperazine rings is 1. The van der Waals surface area contributed by atoms with E-state index in [0.29, 0.717) is 19.0 Å². The number of aromatic nitrogens is 2. The van der Waals surface area contributed by atoms with Crippen LogP contribution in [-0.4, -0.2) is 52.9 Å². The van der Waals surface area contributed by atoms with Crippen LogP contribution in [0.15, 0.2) is 36.7 Å². The number of nitrogens with zero attached hydrogens (tertiary/aromatic N) is 4. The number of hydroxylamine groups is 1. The number of carbonyl (C=O) groups is 1. The molecule has 2 bridgehead atoms. The molecule has 27 heavy (non-hydrogen) atoms. The maximum absolute atomic E-state index is 12.4. The highest BCUT2D eigenvalue weighted by molar-refractivity contribution is 5.92. The van der Waals surface area contributed by atoms with E-state index >= 15 is 0 Å². The van der Waals surface area contributed by atoms with Crippen molar-refractivity contribution in [2.24, 2.45) is 0 Å². The van der Waals surface area contributed by atoms with Gasteiger partial charge in [-0.25, -0.2) is 15.4 Å². The lowest BCUT2D eigenvalue weighted by molar-refractivity contribution is -0.0498. The fraction of sp³-hybridized carbons (Fsp3) is 0.353. The van der Waals surface area contributed by atoms with Gasteiger partial charge in [-0.05, 0) is 18.6 Å². The van der Waals surface area contributed by atoms with Gasteiger partial charge in [-0.15, -0.1) is 0 Å². The molecule has 1 amide bonds. The molecule has 2 fully saturated rings. The summed E-state index contributed by atoms with van der Waals surface area (Å²) in [6, 6.07) is 7.10. The van der Waals surface area contributed by atoms with Crippen LogP contribution in [-0.2, 0) is 0 Å². The summed E-state index contributed by atoms with van der Waals surface area (Å²) in [5, 5.41) is 8.64. The number of alkyl halides is 2. The molecule has 2 N–H and O–H groups in total. The molecular formula is C17H17F2N5O3. The van der Waals surface area contributed by atoms with Crippen molar-refractivity contribution in [2.45, 2.75) is 25.1 Å². The van der Waals surface area contributed by atoms with Gasteiger partial charge in [0.1, 0.15) is 5.75 Å². The van der Waals surface area contributed by atoms with E-state index in [9.17, 15) is 13.6 Å². The molecule has 0 saturated carbocycles. The molecule has 1 aromatic carbocycles. The van der Waals surface area contributed by atoms with Crippen LogP contribution in [0.3, 0.4) is 0 Å². The Morgan fingerprint density at radius 3 is 2.56 bits per heavy atom. The van der Waals surface area contributed by atoms with Gasteiger partial charge in [0.25, 0.3) is 5.91 Å². The number of anilines is 2. The van der Waals surface area contributed by atoms with Crippen LogP contribution in [0.4, 0.5) is 20.4 Å². The monoisotopic (exact) mass is 377 g/mol. The molecule has 2 aliphatic rings. The third-order valence-corrected chi connectivity index (χ3v) is 4.87. The van der Waals surface area contributed by atoms with E-state index in [4.69, 9.17) is 5.21 Å². The highest BCUT2D eigenvalue weighted by atomic mass is 19.3. The van der Waals surface area contributed by atoms with Gasteiger partial charge in [-0.2, -0.15) is 8.78 Å². The fourth-order valence-electron chi connectivity index (χ4n) is 3.72. The first-order chi connectivity index (χ1) is 13.0. The maximum Gasteiger partial charge on any atom is 0.387 e. The van der Waals surface area contributed by atoms with Gasteiger partial charge < -0.3 is 14.5 Å². The van der Waals surface area contributed by atoms with Gasteiger partial charge >= 0.3 is 6.61 Å². The normalized spacial score (nSPS) is 21.0. The average molecular weight is 377 g/mol. The molecule has 2 atom stereocenters. The summed E-state index contributed by atoms with van der Waals surface area (Å²) in [6.07, 6.45) is 3.63. The maximum atomic E-state index is 12.4. The van der Waals surface area contributed by atoms with Gasteiger partial charge in [0.15, 0.2) is 0 Å². The Hall–Kier alpha value is -3.01. The van der Waals surface area contributed by atoms with Crippen molar-refractivity contribution in [3.63, 3.8) is 0 Å². The van der Waals surface area contributed by atoms with Gasteiger partial charge in [0.2, 0.25) is 5.95 Å². The van der Waals surface area contributed by atoms with Crippen LogP contribution in [0, 0.1) is 0 Å². The smallest absolute Gasteiger partial charge is 0.387 e. The van der Waals surface area contributed by atoms with E-state index in [1.807, 2.05) is 6.07 Å². The van der Waals surface area contributed by atoms with E-state index in [1.165, 1.54) is 18.5 Å². The van der Waals surface area contributed by atoms with Gasteiger partial charge in [0, 0.05) is 43.3 Å². The zero-order valence-electron chi connectivity index (χ0n) is 14.1. The molecule has 1 aromatic heterocycles. The van der Waals surface area contributed by atoms with E-state index in [1.54, 1.807) is 17.6 Å². The molecule has 0 radical (unpaired) electrons. The lowest BCUT2D eigenvalue weighted by atomic mass is 10.2. The summed E-state index contributed by atoms with van der Waals surface area (Å²) in [6.45, 7) is -1.44. The van der Waals surface area contributed by atoms with E-state index in [-0.39, 0.29) is 23.4 Å². The predicted molar refractivity (Wildman–Crippen MR) is 91.2 cm³/mol. The third kappa shape index (κ3) is 3.35. The predicted octanol–water partition coefficient (Wildman–Crippen LogP) is 1.66. The Balaban J connectivity index is 1.46. The van der Waals surface area contributed by atoms with Crippen LogP contribution in [0.25, 0.3) is 0 Å². The molecule has 0 aliphatic carbocycles. The topological polar surface area (TPSA) is 90.8 Å². The van der Waals surface area contributed by atoms with Crippen LogP contribution in [0.2, 0.25) is 0 Å². The minimum atomic E-state index is -2.85. The first-order valence-electron chi connectivity index (χ1n) is 8.40. The summed E-state index contributed by atoms with van der Waals surface area (Å²) in [7, 11) is 0. The fourth-order valence-corrected chi connectivity index (χ4v) is 3.72. The number of halogens is 2. The van der Waals surface area contributed by atoms with Crippen LogP contribution >= 0.6 is 0 Å². The summed E-state index contributed by atoms with van der Waals surface area (Å²) in [5.74, 6) is -0.00352. The van der Waals surface area contributed by atoms with E-state index < -0.39 is 12.5 Å². The largest absolute Gasteiger partial charge is 0.435 e. The third-order valence-electron chi connectivity index (χ3n) is 4.87. The number of benzene rings is 1. The van der Waals surface area contributed by atoms with Crippen molar-refractivity contribution in [1.82, 2.24) is 15.4 Å². The quantitative estimate of drug-likeness (QED) is 0.605. The Kier molecular flexibility index (Phi) is 4.48. The van der Waals surface area contributed by atoms with Crippen molar-refractivity contribution >= 4 is 17.5 Å². The standard InChI is InChI=1S/C17H17F2N5O3/c18-16(19)27-14-3-1-2-11(5-14)23-8-13-4-12(23)9-24(13)17-20-6-10(7-21-17)15(25)22-26/h1-3,5-7,12-13,16,26H,4,8-9H2,(H,22,25)/t12-,13+/m1/s1. The van der Waals surface area contributed by atoms with E-state index in [0.717, 1.165) is 12.1 Å². The summed E-state index contributed by atoms with van der Waals surface area (Å²) in [4.78, 5) is 24.0. The number of hydrogen-bond donors (Lipinski definition) is 2. The van der Waals surface area contributed by atoms with Crippen molar-refractivity contribution in [1.29, 1.82) is 0 Å². The summed E-state index contributed by atoms with van der Waals surface area (Å²) < 4.78 is 29.3. The Morgan fingerprint density at radius 2 is 1.93 bits per heavy atom. The van der Waals surface area contributed by atoms with Crippen LogP contribution in [0.5, 0.6) is 5.75 Å². The summed E-state index contributed by atoms with van der Waals surface area (Å²) >= 11 is 0. The number of fused-ring (bicyclic) bond motifs is 2. The van der Waals surface area contributed by atoms with Crippen molar-refractivity contribution in [2.75, 3.05) is 22.9 Å². The first kappa shape index (κ1) is 17.4. The van der Waals surface area contributed by atoms with Gasteiger partial charge in [-0.1, -0.05) is 6.07 Å². The number of hydrogen-bond acceptors (Lipinski definition) is 7. The Bertz CT molecular complexity index is 836. The highest BCUT2D eigenvalue weighted by Gasteiger charge is 2.44. The van der Waals surface area contributed by atoms with Gasteiger partial charge in [0.05, 0.1) is 11.6 Å². The second-order valence-electron chi connectivity index (χ2n) is 6.44. The lowest BCUT2D eigenvalue weighted by Crippen LogP contribution is -2.47. The number of ether oxygens (including phenoxy) is 1. The average Bonchev–Trinajstić information content (AvgIpc) is 3.28. The minimum Gasteiger partial charge on any atom is -0.435 e. The molecule has 4 rings (SSSR count). The van der Waals surface area contributed by atoms with Crippen LogP contribution < -0.4 is 20.0 Å². The Morgan fingerprint density at radius 1 is 1.22 bits per heavy atom. The number of carbonyl (C=O) groups excluding carboxylic acids is 1. The molecular weight excluding hydrogens is 360 g/mol. The second-order valence-corrected chi connectivity index (χ2v) is 6.44. The molecule has 2 aliphatic heterocycles. The molecule has 2 saturated heterocycles. The molecule has 142 valence electrons. The van der Waals surface area contributed by atoms with E-state index in [2.05, 4.69) is 24.5 Å². The molecule has 0 unspecified atom stereocenters. The molecule has 8 nitrogen and oxygen atoms in total. The number of rotatable bonds is 5. The number of amides is 1. The van der Waals surface area contributed by atoms with Crippen LogP contribution in [0.1, 0.15) is 16.8 Å². The van der Waals surface area contributed by atoms with Crippen molar-refractivity contribution in [3.8, 4) is 5.75 Å². The van der Waals surface area contributed by atoms with Crippen molar-refractivity contribution in [3.05, 3.63) is 42.2 Å². The zero-order chi connectivity index (χ0) is 19.0. The SMILES string of the molecule is O=C(NO)c1cnc(N2C[C@H]3C[C@H]2CN3c2cccc(OC(F)F)c2)nc1. The summed E-state index contributed by atoms with van der Waals surface area (Å²) in [5.41, 5.74) is 2.55. The zero-order valence-corrected chi connectivity index (χ0v) is 14.1. The molecule has 10 heteroatoms. The minimum absolute atomic E-state index is 0.142. The Labute approximate surface area is 153 Å².